The maximum atomic E-state index is 4.41. The summed E-state index contributed by atoms with van der Waals surface area (Å²) in [6, 6.07) is 23.3. The summed E-state index contributed by atoms with van der Waals surface area (Å²) < 4.78 is 0. The van der Waals surface area contributed by atoms with Crippen molar-refractivity contribution >= 4 is 27.2 Å². The van der Waals surface area contributed by atoms with Crippen LogP contribution in [0.2, 0.25) is 0 Å². The van der Waals surface area contributed by atoms with Crippen LogP contribution in [0.15, 0.2) is 73.3 Å². The summed E-state index contributed by atoms with van der Waals surface area (Å²) in [7, 11) is 0. The highest BCUT2D eigenvalue weighted by molar-refractivity contribution is 6.03. The molecule has 4 aromatic rings. The molecule has 0 radical (unpaired) electrons. The Morgan fingerprint density at radius 2 is 1.50 bits per heavy atom. The summed E-state index contributed by atoms with van der Waals surface area (Å²) in [6.07, 6.45) is 0. The van der Waals surface area contributed by atoms with Crippen LogP contribution in [-0.2, 0) is 0 Å². The largest absolute Gasteiger partial charge is 0.358 e. The third kappa shape index (κ3) is 1.86. The molecule has 1 aromatic heterocycles. The molecule has 0 spiro atoms. The fourth-order valence-electron chi connectivity index (χ4n) is 3.29. The molecule has 1 N–H and O–H groups in total. The van der Waals surface area contributed by atoms with Crippen molar-refractivity contribution in [2.24, 2.45) is 0 Å². The minimum absolute atomic E-state index is 1.08. The molecule has 4 rings (SSSR count). The van der Waals surface area contributed by atoms with E-state index in [1.807, 2.05) is 0 Å². The lowest BCUT2D eigenvalue weighted by Gasteiger charge is -2.10. The Morgan fingerprint density at radius 1 is 0.818 bits per heavy atom. The number of nitrogens with one attached hydrogen (secondary N) is 1. The molecule has 0 fully saturated rings. The van der Waals surface area contributed by atoms with Crippen molar-refractivity contribution in [2.45, 2.75) is 6.92 Å². The Bertz CT molecular complexity index is 999. The second-order valence-corrected chi connectivity index (χ2v) is 5.68. The van der Waals surface area contributed by atoms with Crippen molar-refractivity contribution in [2.75, 3.05) is 0 Å². The van der Waals surface area contributed by atoms with Gasteiger partial charge in [-0.2, -0.15) is 0 Å². The lowest BCUT2D eigenvalue weighted by Crippen LogP contribution is -1.89. The van der Waals surface area contributed by atoms with Gasteiger partial charge in [-0.1, -0.05) is 67.2 Å². The molecule has 0 amide bonds. The van der Waals surface area contributed by atoms with Gasteiger partial charge in [-0.15, -0.1) is 0 Å². The van der Waals surface area contributed by atoms with Crippen LogP contribution in [0, 0.1) is 6.92 Å². The highest BCUT2D eigenvalue weighted by Crippen LogP contribution is 2.34. The average molecular weight is 283 g/mol. The average Bonchev–Trinajstić information content (AvgIpc) is 2.89. The zero-order valence-corrected chi connectivity index (χ0v) is 12.6. The molecule has 1 heterocycles. The highest BCUT2D eigenvalue weighted by Gasteiger charge is 2.14. The summed E-state index contributed by atoms with van der Waals surface area (Å²) >= 11 is 0. The van der Waals surface area contributed by atoms with Crippen molar-refractivity contribution < 1.29 is 0 Å². The maximum absolute atomic E-state index is 4.41. The third-order valence-electron chi connectivity index (χ3n) is 4.31. The smallest absolute Gasteiger partial charge is 0.0462 e. The topological polar surface area (TPSA) is 15.8 Å². The first-order valence-electron chi connectivity index (χ1n) is 7.50. The van der Waals surface area contributed by atoms with Crippen molar-refractivity contribution in [3.05, 3.63) is 90.1 Å². The molecule has 106 valence electrons. The quantitative estimate of drug-likeness (QED) is 0.486. The fraction of sp³-hybridized carbons (Fsp3) is 0.0476. The van der Waals surface area contributed by atoms with E-state index < -0.39 is 0 Å². The van der Waals surface area contributed by atoms with Gasteiger partial charge >= 0.3 is 0 Å². The van der Waals surface area contributed by atoms with Gasteiger partial charge in [-0.3, -0.25) is 0 Å². The molecule has 0 bridgehead atoms. The predicted octanol–water partition coefficient (Wildman–Crippen LogP) is 5.69. The SMILES string of the molecule is C=C(c1cccc2ccccc12)c1c(C)[nH]c2ccccc12. The molecule has 0 aliphatic carbocycles. The van der Waals surface area contributed by atoms with E-state index in [4.69, 9.17) is 0 Å². The van der Waals surface area contributed by atoms with E-state index in [1.165, 1.54) is 33.0 Å². The Balaban J connectivity index is 1.98. The Hall–Kier alpha value is -2.80. The second kappa shape index (κ2) is 4.88. The summed E-state index contributed by atoms with van der Waals surface area (Å²) in [5.74, 6) is 0. The lowest BCUT2D eigenvalue weighted by atomic mass is 9.93. The van der Waals surface area contributed by atoms with Crippen molar-refractivity contribution in [3.63, 3.8) is 0 Å². The third-order valence-corrected chi connectivity index (χ3v) is 4.31. The normalized spacial score (nSPS) is 11.1. The number of aromatic nitrogens is 1. The molecule has 3 aromatic carbocycles. The van der Waals surface area contributed by atoms with Gasteiger partial charge in [-0.25, -0.2) is 0 Å². The number of rotatable bonds is 2. The number of aromatic amines is 1. The van der Waals surface area contributed by atoms with Gasteiger partial charge in [0.1, 0.15) is 0 Å². The molecular weight excluding hydrogens is 266 g/mol. The Kier molecular flexibility index (Phi) is 2.87. The van der Waals surface area contributed by atoms with Gasteiger partial charge in [0.25, 0.3) is 0 Å². The van der Waals surface area contributed by atoms with Crippen LogP contribution in [0.5, 0.6) is 0 Å². The van der Waals surface area contributed by atoms with E-state index in [1.54, 1.807) is 0 Å². The standard InChI is InChI=1S/C21H17N/c1-14(17-12-7-9-16-8-3-4-10-18(16)17)21-15(2)22-20-13-6-5-11-19(20)21/h3-13,22H,1H2,2H3. The first-order valence-corrected chi connectivity index (χ1v) is 7.50. The summed E-state index contributed by atoms with van der Waals surface area (Å²) in [5, 5.41) is 3.73. The first kappa shape index (κ1) is 12.9. The van der Waals surface area contributed by atoms with Gasteiger partial charge in [-0.05, 0) is 34.9 Å². The van der Waals surface area contributed by atoms with E-state index in [9.17, 15) is 0 Å². The predicted molar refractivity (Wildman–Crippen MR) is 95.1 cm³/mol. The molecule has 0 saturated heterocycles. The number of H-pyrrole nitrogens is 1. The van der Waals surface area contributed by atoms with Gasteiger partial charge in [0.15, 0.2) is 0 Å². The minimum Gasteiger partial charge on any atom is -0.358 e. The molecule has 0 atom stereocenters. The molecule has 0 saturated carbocycles. The number of benzene rings is 3. The molecule has 0 unspecified atom stereocenters. The van der Waals surface area contributed by atoms with Crippen LogP contribution < -0.4 is 0 Å². The lowest BCUT2D eigenvalue weighted by molar-refractivity contribution is 1.28. The van der Waals surface area contributed by atoms with Crippen LogP contribution in [0.25, 0.3) is 27.2 Å². The van der Waals surface area contributed by atoms with Crippen LogP contribution in [-0.4, -0.2) is 4.98 Å². The van der Waals surface area contributed by atoms with Gasteiger partial charge in [0.05, 0.1) is 0 Å². The number of para-hydroxylation sites is 1. The van der Waals surface area contributed by atoms with Crippen LogP contribution in [0.1, 0.15) is 16.8 Å². The molecule has 1 heteroatoms. The monoisotopic (exact) mass is 283 g/mol. The van der Waals surface area contributed by atoms with Gasteiger partial charge < -0.3 is 4.98 Å². The van der Waals surface area contributed by atoms with Gasteiger partial charge in [0.2, 0.25) is 0 Å². The second-order valence-electron chi connectivity index (χ2n) is 5.68. The number of hydrogen-bond donors (Lipinski definition) is 1. The van der Waals surface area contributed by atoms with E-state index in [2.05, 4.69) is 85.2 Å². The van der Waals surface area contributed by atoms with Crippen LogP contribution in [0.4, 0.5) is 0 Å². The molecular formula is C21H17N. The molecule has 22 heavy (non-hydrogen) atoms. The molecule has 1 nitrogen and oxygen atoms in total. The zero-order valence-electron chi connectivity index (χ0n) is 12.6. The van der Waals surface area contributed by atoms with E-state index in [-0.39, 0.29) is 0 Å². The summed E-state index contributed by atoms with van der Waals surface area (Å²) in [5.41, 5.74) is 5.82. The Morgan fingerprint density at radius 3 is 2.36 bits per heavy atom. The zero-order chi connectivity index (χ0) is 15.1. The first-order chi connectivity index (χ1) is 10.8. The van der Waals surface area contributed by atoms with E-state index in [0.717, 1.165) is 11.1 Å². The highest BCUT2D eigenvalue weighted by atomic mass is 14.7. The van der Waals surface area contributed by atoms with Crippen molar-refractivity contribution in [3.8, 4) is 0 Å². The fourth-order valence-corrected chi connectivity index (χ4v) is 3.29. The number of hydrogen-bond acceptors (Lipinski definition) is 0. The molecule has 0 aliphatic rings. The summed E-state index contributed by atoms with van der Waals surface area (Å²) in [6.45, 7) is 6.53. The number of aryl methyl sites for hydroxylation is 1. The van der Waals surface area contributed by atoms with Crippen molar-refractivity contribution in [1.29, 1.82) is 0 Å². The van der Waals surface area contributed by atoms with E-state index >= 15 is 0 Å². The minimum atomic E-state index is 1.08. The van der Waals surface area contributed by atoms with Gasteiger partial charge in [0, 0.05) is 22.2 Å². The summed E-state index contributed by atoms with van der Waals surface area (Å²) in [4.78, 5) is 3.46. The van der Waals surface area contributed by atoms with Crippen LogP contribution >= 0.6 is 0 Å². The van der Waals surface area contributed by atoms with E-state index in [0.29, 0.717) is 0 Å². The maximum Gasteiger partial charge on any atom is 0.0462 e. The molecule has 0 aliphatic heterocycles. The Labute approximate surface area is 129 Å². The van der Waals surface area contributed by atoms with Crippen molar-refractivity contribution in [1.82, 2.24) is 4.98 Å². The van der Waals surface area contributed by atoms with Crippen LogP contribution in [0.3, 0.4) is 0 Å². The number of fused-ring (bicyclic) bond motifs is 2.